The Hall–Kier alpha value is -2.33. The molecule has 0 aromatic heterocycles. The molecular formula is C19H22N2O2. The number of hydrogen-bond donors (Lipinski definition) is 2. The summed E-state index contributed by atoms with van der Waals surface area (Å²) in [6.07, 6.45) is 2.17. The Labute approximate surface area is 136 Å². The van der Waals surface area contributed by atoms with Crippen molar-refractivity contribution in [3.63, 3.8) is 0 Å². The van der Waals surface area contributed by atoms with Crippen LogP contribution in [0.25, 0.3) is 0 Å². The molecule has 2 aromatic carbocycles. The van der Waals surface area contributed by atoms with Gasteiger partial charge in [0.2, 0.25) is 5.91 Å². The smallest absolute Gasteiger partial charge is 0.241 e. The predicted molar refractivity (Wildman–Crippen MR) is 90.2 cm³/mol. The van der Waals surface area contributed by atoms with Gasteiger partial charge >= 0.3 is 0 Å². The summed E-state index contributed by atoms with van der Waals surface area (Å²) in [6.45, 7) is 0.606. The lowest BCUT2D eigenvalue weighted by molar-refractivity contribution is -0.123. The van der Waals surface area contributed by atoms with Crippen LogP contribution in [0.4, 0.5) is 0 Å². The minimum atomic E-state index is -0.344. The molecule has 3 rings (SSSR count). The van der Waals surface area contributed by atoms with Gasteiger partial charge in [-0.2, -0.15) is 0 Å². The molecule has 0 heterocycles. The van der Waals surface area contributed by atoms with E-state index in [1.54, 1.807) is 7.11 Å². The van der Waals surface area contributed by atoms with Crippen molar-refractivity contribution in [2.24, 2.45) is 0 Å². The fourth-order valence-electron chi connectivity index (χ4n) is 2.52. The van der Waals surface area contributed by atoms with Crippen molar-refractivity contribution in [1.82, 2.24) is 10.6 Å². The second-order valence-electron chi connectivity index (χ2n) is 5.86. The Balaban J connectivity index is 1.71. The van der Waals surface area contributed by atoms with E-state index >= 15 is 0 Å². The third kappa shape index (κ3) is 4.33. The van der Waals surface area contributed by atoms with Gasteiger partial charge in [0.15, 0.2) is 0 Å². The number of methoxy groups -OCH3 is 1. The van der Waals surface area contributed by atoms with E-state index in [1.165, 1.54) is 0 Å². The van der Waals surface area contributed by atoms with Crippen molar-refractivity contribution in [2.45, 2.75) is 31.5 Å². The number of carbonyl (C=O) groups is 1. The van der Waals surface area contributed by atoms with Crippen LogP contribution in [0.15, 0.2) is 54.6 Å². The molecule has 0 radical (unpaired) electrons. The molecule has 0 saturated heterocycles. The molecular weight excluding hydrogens is 288 g/mol. The van der Waals surface area contributed by atoms with E-state index in [0.717, 1.165) is 29.7 Å². The first-order valence-electron chi connectivity index (χ1n) is 7.98. The maximum atomic E-state index is 12.5. The van der Waals surface area contributed by atoms with Crippen LogP contribution in [-0.2, 0) is 11.3 Å². The summed E-state index contributed by atoms with van der Waals surface area (Å²) < 4.78 is 5.25. The van der Waals surface area contributed by atoms with Gasteiger partial charge in [0.05, 0.1) is 7.11 Å². The van der Waals surface area contributed by atoms with Crippen LogP contribution in [0.5, 0.6) is 5.75 Å². The average molecular weight is 310 g/mol. The minimum absolute atomic E-state index is 0.0431. The maximum absolute atomic E-state index is 12.5. The van der Waals surface area contributed by atoms with Crippen molar-refractivity contribution in [3.05, 3.63) is 65.7 Å². The van der Waals surface area contributed by atoms with Crippen LogP contribution < -0.4 is 15.4 Å². The minimum Gasteiger partial charge on any atom is -0.497 e. The standard InChI is InChI=1S/C19H22N2O2/c1-23-17-9-5-6-14(12-17)13-20-18(15-7-3-2-4-8-15)19(22)21-16-10-11-16/h2-9,12,16,18,20H,10-11,13H2,1H3,(H,21,22)/t18-/m1/s1. The summed E-state index contributed by atoms with van der Waals surface area (Å²) in [5, 5.41) is 6.45. The van der Waals surface area contributed by atoms with E-state index < -0.39 is 0 Å². The van der Waals surface area contributed by atoms with Crippen LogP contribution in [0, 0.1) is 0 Å². The highest BCUT2D eigenvalue weighted by Gasteiger charge is 2.28. The molecule has 2 N–H and O–H groups in total. The van der Waals surface area contributed by atoms with Crippen LogP contribution in [0.3, 0.4) is 0 Å². The third-order valence-corrected chi connectivity index (χ3v) is 3.96. The van der Waals surface area contributed by atoms with Crippen LogP contribution in [-0.4, -0.2) is 19.1 Å². The van der Waals surface area contributed by atoms with Gasteiger partial charge in [-0.05, 0) is 36.1 Å². The summed E-state index contributed by atoms with van der Waals surface area (Å²) in [5.74, 6) is 0.865. The number of amides is 1. The van der Waals surface area contributed by atoms with Crippen molar-refractivity contribution >= 4 is 5.91 Å². The van der Waals surface area contributed by atoms with E-state index in [0.29, 0.717) is 12.6 Å². The summed E-state index contributed by atoms with van der Waals surface area (Å²) >= 11 is 0. The molecule has 23 heavy (non-hydrogen) atoms. The lowest BCUT2D eigenvalue weighted by Gasteiger charge is -2.19. The number of carbonyl (C=O) groups excluding carboxylic acids is 1. The van der Waals surface area contributed by atoms with Gasteiger partial charge in [0.1, 0.15) is 11.8 Å². The second kappa shape index (κ2) is 7.29. The first-order chi connectivity index (χ1) is 11.3. The van der Waals surface area contributed by atoms with E-state index in [-0.39, 0.29) is 11.9 Å². The molecule has 4 nitrogen and oxygen atoms in total. The van der Waals surface area contributed by atoms with Gasteiger partial charge in [-0.1, -0.05) is 42.5 Å². The highest BCUT2D eigenvalue weighted by molar-refractivity contribution is 5.83. The fraction of sp³-hybridized carbons (Fsp3) is 0.316. The average Bonchev–Trinajstić information content (AvgIpc) is 3.40. The van der Waals surface area contributed by atoms with Crippen molar-refractivity contribution in [2.75, 3.05) is 7.11 Å². The highest BCUT2D eigenvalue weighted by Crippen LogP contribution is 2.22. The molecule has 1 aliphatic carbocycles. The van der Waals surface area contributed by atoms with E-state index in [9.17, 15) is 4.79 Å². The Morgan fingerprint density at radius 2 is 1.96 bits per heavy atom. The number of benzene rings is 2. The highest BCUT2D eigenvalue weighted by atomic mass is 16.5. The van der Waals surface area contributed by atoms with Crippen molar-refractivity contribution in [1.29, 1.82) is 0 Å². The molecule has 1 fully saturated rings. The molecule has 0 aliphatic heterocycles. The van der Waals surface area contributed by atoms with E-state index in [1.807, 2.05) is 54.6 Å². The van der Waals surface area contributed by atoms with Gasteiger partial charge in [0, 0.05) is 12.6 Å². The van der Waals surface area contributed by atoms with Gasteiger partial charge in [-0.3, -0.25) is 10.1 Å². The van der Waals surface area contributed by atoms with Gasteiger partial charge in [0.25, 0.3) is 0 Å². The third-order valence-electron chi connectivity index (χ3n) is 3.96. The van der Waals surface area contributed by atoms with Gasteiger partial charge < -0.3 is 10.1 Å². The number of hydrogen-bond acceptors (Lipinski definition) is 3. The molecule has 1 atom stereocenters. The lowest BCUT2D eigenvalue weighted by atomic mass is 10.1. The zero-order valence-electron chi connectivity index (χ0n) is 13.3. The zero-order valence-corrected chi connectivity index (χ0v) is 13.3. The SMILES string of the molecule is COc1cccc(CN[C@@H](C(=O)NC2CC2)c2ccccc2)c1. The van der Waals surface area contributed by atoms with E-state index in [4.69, 9.17) is 4.74 Å². The second-order valence-corrected chi connectivity index (χ2v) is 5.86. The summed E-state index contributed by atoms with van der Waals surface area (Å²) in [6, 6.07) is 17.7. The Bertz CT molecular complexity index is 653. The molecule has 1 saturated carbocycles. The molecule has 4 heteroatoms. The topological polar surface area (TPSA) is 50.4 Å². The largest absolute Gasteiger partial charge is 0.497 e. The number of nitrogens with one attached hydrogen (secondary N) is 2. The van der Waals surface area contributed by atoms with Crippen LogP contribution in [0.1, 0.15) is 30.0 Å². The van der Waals surface area contributed by atoms with Gasteiger partial charge in [-0.15, -0.1) is 0 Å². The zero-order chi connectivity index (χ0) is 16.1. The number of rotatable bonds is 7. The Morgan fingerprint density at radius 1 is 1.17 bits per heavy atom. The van der Waals surface area contributed by atoms with Crippen LogP contribution >= 0.6 is 0 Å². The molecule has 1 aliphatic rings. The number of ether oxygens (including phenoxy) is 1. The van der Waals surface area contributed by atoms with Crippen molar-refractivity contribution in [3.8, 4) is 5.75 Å². The normalized spacial score (nSPS) is 15.0. The molecule has 2 aromatic rings. The van der Waals surface area contributed by atoms with Crippen LogP contribution in [0.2, 0.25) is 0 Å². The fourth-order valence-corrected chi connectivity index (χ4v) is 2.52. The summed E-state index contributed by atoms with van der Waals surface area (Å²) in [4.78, 5) is 12.5. The maximum Gasteiger partial charge on any atom is 0.241 e. The van der Waals surface area contributed by atoms with Gasteiger partial charge in [-0.25, -0.2) is 0 Å². The summed E-state index contributed by atoms with van der Waals surface area (Å²) in [5.41, 5.74) is 2.07. The Kier molecular flexibility index (Phi) is 4.93. The molecule has 120 valence electrons. The Morgan fingerprint density at radius 3 is 2.65 bits per heavy atom. The lowest BCUT2D eigenvalue weighted by Crippen LogP contribution is -2.38. The molecule has 0 unspecified atom stereocenters. The molecule has 0 bridgehead atoms. The first-order valence-corrected chi connectivity index (χ1v) is 7.98. The molecule has 1 amide bonds. The first kappa shape index (κ1) is 15.6. The predicted octanol–water partition coefficient (Wildman–Crippen LogP) is 2.80. The monoisotopic (exact) mass is 310 g/mol. The summed E-state index contributed by atoms with van der Waals surface area (Å²) in [7, 11) is 1.66. The van der Waals surface area contributed by atoms with E-state index in [2.05, 4.69) is 10.6 Å². The quantitative estimate of drug-likeness (QED) is 0.827. The molecule has 0 spiro atoms. The van der Waals surface area contributed by atoms with Crippen molar-refractivity contribution < 1.29 is 9.53 Å².